The average molecular weight is 262 g/mol. The van der Waals surface area contributed by atoms with Gasteiger partial charge in [-0.25, -0.2) is 0 Å². The molecule has 0 atom stereocenters. The number of hydrogen-bond acceptors (Lipinski definition) is 3. The van der Waals surface area contributed by atoms with Gasteiger partial charge in [0.2, 0.25) is 0 Å². The molecule has 0 bridgehead atoms. The van der Waals surface area contributed by atoms with Crippen LogP contribution >= 0.6 is 0 Å². The maximum atomic E-state index is 10.7. The first-order chi connectivity index (χ1) is 9.60. The quantitative estimate of drug-likeness (QED) is 0.450. The maximum Gasteiger partial charge on any atom is 0.270 e. The monoisotopic (exact) mass is 262 g/mol. The topological polar surface area (TPSA) is 66.9 Å². The van der Waals surface area contributed by atoms with Crippen LogP contribution in [0.3, 0.4) is 0 Å². The number of nitro benzene ring substituents is 1. The molecule has 2 aromatic rings. The summed E-state index contributed by atoms with van der Waals surface area (Å²) in [4.78, 5) is 10.3. The fraction of sp³-hybridized carbons (Fsp3) is 0.0625. The molecule has 20 heavy (non-hydrogen) atoms. The highest BCUT2D eigenvalue weighted by Gasteiger charge is 2.06. The first kappa shape index (κ1) is 13.3. The minimum absolute atomic E-state index is 0.0275. The van der Waals surface area contributed by atoms with Crippen molar-refractivity contribution in [2.45, 2.75) is 6.92 Å². The molecule has 0 aliphatic heterocycles. The predicted molar refractivity (Wildman–Crippen MR) is 75.0 cm³/mol. The minimum Gasteiger partial charge on any atom is -0.258 e. The van der Waals surface area contributed by atoms with Crippen molar-refractivity contribution in [1.29, 1.82) is 5.26 Å². The van der Waals surface area contributed by atoms with Crippen LogP contribution in [0.1, 0.15) is 22.3 Å². The van der Waals surface area contributed by atoms with Crippen molar-refractivity contribution in [3.8, 4) is 17.9 Å². The zero-order valence-electron chi connectivity index (χ0n) is 10.8. The maximum absolute atomic E-state index is 10.7. The molecule has 0 fully saturated rings. The van der Waals surface area contributed by atoms with E-state index < -0.39 is 4.92 Å². The first-order valence-electron chi connectivity index (χ1n) is 5.87. The predicted octanol–water partition coefficient (Wildman–Crippen LogP) is 3.17. The molecule has 2 rings (SSSR count). The van der Waals surface area contributed by atoms with Gasteiger partial charge in [-0.1, -0.05) is 17.9 Å². The van der Waals surface area contributed by atoms with Gasteiger partial charge in [0, 0.05) is 23.3 Å². The van der Waals surface area contributed by atoms with Gasteiger partial charge in [-0.2, -0.15) is 5.26 Å². The van der Waals surface area contributed by atoms with E-state index in [0.29, 0.717) is 11.1 Å². The van der Waals surface area contributed by atoms with E-state index in [0.717, 1.165) is 11.1 Å². The summed E-state index contributed by atoms with van der Waals surface area (Å²) in [5, 5.41) is 19.4. The third kappa shape index (κ3) is 3.01. The molecule has 0 radical (unpaired) electrons. The van der Waals surface area contributed by atoms with Crippen molar-refractivity contribution in [2.24, 2.45) is 0 Å². The van der Waals surface area contributed by atoms with Crippen LogP contribution in [0.5, 0.6) is 0 Å². The molecule has 4 nitrogen and oxygen atoms in total. The number of non-ortho nitro benzene ring substituents is 1. The molecule has 0 heterocycles. The van der Waals surface area contributed by atoms with Crippen molar-refractivity contribution in [3.63, 3.8) is 0 Å². The van der Waals surface area contributed by atoms with E-state index in [9.17, 15) is 10.1 Å². The molecule has 0 amide bonds. The van der Waals surface area contributed by atoms with Crippen LogP contribution in [0, 0.1) is 40.2 Å². The van der Waals surface area contributed by atoms with E-state index in [2.05, 4.69) is 11.8 Å². The Morgan fingerprint density at radius 3 is 2.30 bits per heavy atom. The number of nitrogens with zero attached hydrogens (tertiary/aromatic N) is 2. The fourth-order valence-electron chi connectivity index (χ4n) is 1.63. The Hall–Kier alpha value is -3.11. The van der Waals surface area contributed by atoms with Crippen LogP contribution < -0.4 is 0 Å². The molecule has 0 saturated carbocycles. The average Bonchev–Trinajstić information content (AvgIpc) is 2.46. The highest BCUT2D eigenvalue weighted by Crippen LogP contribution is 2.16. The van der Waals surface area contributed by atoms with Crippen molar-refractivity contribution >= 4 is 5.69 Å². The summed E-state index contributed by atoms with van der Waals surface area (Å²) >= 11 is 0. The number of nitro groups is 1. The largest absolute Gasteiger partial charge is 0.270 e. The van der Waals surface area contributed by atoms with Gasteiger partial charge in [-0.3, -0.25) is 10.1 Å². The highest BCUT2D eigenvalue weighted by molar-refractivity contribution is 5.51. The Kier molecular flexibility index (Phi) is 3.79. The number of aryl methyl sites for hydroxylation is 1. The van der Waals surface area contributed by atoms with E-state index in [-0.39, 0.29) is 5.69 Å². The van der Waals surface area contributed by atoms with Crippen LogP contribution in [0.2, 0.25) is 0 Å². The van der Waals surface area contributed by atoms with E-state index in [1.54, 1.807) is 30.3 Å². The summed E-state index contributed by atoms with van der Waals surface area (Å²) < 4.78 is 0. The molecule has 4 heteroatoms. The van der Waals surface area contributed by atoms with Crippen molar-refractivity contribution < 1.29 is 4.92 Å². The van der Waals surface area contributed by atoms with Gasteiger partial charge in [0.25, 0.3) is 5.69 Å². The van der Waals surface area contributed by atoms with E-state index in [4.69, 9.17) is 5.26 Å². The number of benzene rings is 2. The Bertz CT molecular complexity index is 760. The molecule has 0 spiro atoms. The van der Waals surface area contributed by atoms with Gasteiger partial charge in [-0.15, -0.1) is 0 Å². The summed E-state index contributed by atoms with van der Waals surface area (Å²) in [6, 6.07) is 13.5. The lowest BCUT2D eigenvalue weighted by Gasteiger charge is -1.97. The zero-order valence-corrected chi connectivity index (χ0v) is 10.8. The summed E-state index contributed by atoms with van der Waals surface area (Å²) in [5.74, 6) is 5.86. The van der Waals surface area contributed by atoms with Crippen molar-refractivity contribution in [1.82, 2.24) is 0 Å². The minimum atomic E-state index is -0.438. The van der Waals surface area contributed by atoms with Gasteiger partial charge in [0.15, 0.2) is 0 Å². The van der Waals surface area contributed by atoms with E-state index in [1.165, 1.54) is 12.1 Å². The third-order valence-corrected chi connectivity index (χ3v) is 2.79. The van der Waals surface area contributed by atoms with Gasteiger partial charge in [0.1, 0.15) is 0 Å². The van der Waals surface area contributed by atoms with Crippen molar-refractivity contribution in [3.05, 3.63) is 74.8 Å². The SMILES string of the molecule is Cc1ccc([N+](=O)[O-])cc1C#Cc1ccc(C#N)cc1. The first-order valence-corrected chi connectivity index (χ1v) is 5.87. The second-order valence-corrected chi connectivity index (χ2v) is 4.20. The summed E-state index contributed by atoms with van der Waals surface area (Å²) in [5.41, 5.74) is 2.87. The van der Waals surface area contributed by atoms with Gasteiger partial charge in [0.05, 0.1) is 16.6 Å². The molecule has 2 aromatic carbocycles. The smallest absolute Gasteiger partial charge is 0.258 e. The van der Waals surface area contributed by atoms with Gasteiger partial charge >= 0.3 is 0 Å². The summed E-state index contributed by atoms with van der Waals surface area (Å²) in [6.45, 7) is 1.85. The van der Waals surface area contributed by atoms with Crippen LogP contribution in [0.15, 0.2) is 42.5 Å². The second-order valence-electron chi connectivity index (χ2n) is 4.20. The van der Waals surface area contributed by atoms with Crippen LogP contribution in [0.25, 0.3) is 0 Å². The fourth-order valence-corrected chi connectivity index (χ4v) is 1.63. The molecular formula is C16H10N2O2. The van der Waals surface area contributed by atoms with Crippen molar-refractivity contribution in [2.75, 3.05) is 0 Å². The molecule has 0 N–H and O–H groups in total. The summed E-state index contributed by atoms with van der Waals surface area (Å²) in [6.07, 6.45) is 0. The number of rotatable bonds is 1. The van der Waals surface area contributed by atoms with E-state index in [1.807, 2.05) is 13.0 Å². The zero-order chi connectivity index (χ0) is 14.5. The van der Waals surface area contributed by atoms with E-state index >= 15 is 0 Å². The molecule has 0 aliphatic carbocycles. The Morgan fingerprint density at radius 2 is 1.70 bits per heavy atom. The highest BCUT2D eigenvalue weighted by atomic mass is 16.6. The van der Waals surface area contributed by atoms with Crippen LogP contribution in [-0.2, 0) is 0 Å². The lowest BCUT2D eigenvalue weighted by atomic mass is 10.1. The Labute approximate surface area is 116 Å². The van der Waals surface area contributed by atoms with Gasteiger partial charge in [-0.05, 0) is 36.8 Å². The molecule has 96 valence electrons. The molecule has 0 aromatic heterocycles. The van der Waals surface area contributed by atoms with Crippen LogP contribution in [-0.4, -0.2) is 4.92 Å². The molecular weight excluding hydrogens is 252 g/mol. The molecule has 0 aliphatic rings. The number of hydrogen-bond donors (Lipinski definition) is 0. The van der Waals surface area contributed by atoms with Gasteiger partial charge < -0.3 is 0 Å². The molecule has 0 unspecified atom stereocenters. The number of nitriles is 1. The van der Waals surface area contributed by atoms with Crippen LogP contribution in [0.4, 0.5) is 5.69 Å². The summed E-state index contributed by atoms with van der Waals surface area (Å²) in [7, 11) is 0. The third-order valence-electron chi connectivity index (χ3n) is 2.79. The Morgan fingerprint density at radius 1 is 1.05 bits per heavy atom. The lowest BCUT2D eigenvalue weighted by Crippen LogP contribution is -1.90. The lowest BCUT2D eigenvalue weighted by molar-refractivity contribution is -0.384. The Balaban J connectivity index is 2.34. The second kappa shape index (κ2) is 5.69. The molecule has 0 saturated heterocycles. The normalized spacial score (nSPS) is 9.20. The standard InChI is InChI=1S/C16H10N2O2/c1-12-2-9-16(18(19)20)10-15(12)8-7-13-3-5-14(11-17)6-4-13/h2-6,9-10H,1H3.